The largest absolute Gasteiger partial charge is 0.476 e. The van der Waals surface area contributed by atoms with E-state index in [0.717, 1.165) is 94.9 Å². The Bertz CT molecular complexity index is 2480. The number of thiazole rings is 1. The average Bonchev–Trinajstić information content (AvgIpc) is 3.87. The monoisotopic (exact) mass is 834 g/mol. The van der Waals surface area contributed by atoms with Gasteiger partial charge in [-0.3, -0.25) is 4.90 Å². The molecule has 0 amide bonds. The van der Waals surface area contributed by atoms with Crippen molar-refractivity contribution in [1.82, 2.24) is 25.1 Å². The van der Waals surface area contributed by atoms with E-state index in [9.17, 15) is 19.6 Å². The van der Waals surface area contributed by atoms with Crippen molar-refractivity contribution in [2.45, 2.75) is 78.2 Å². The first-order valence-corrected chi connectivity index (χ1v) is 22.3. The van der Waals surface area contributed by atoms with Crippen LogP contribution in [-0.2, 0) is 15.9 Å². The summed E-state index contributed by atoms with van der Waals surface area (Å²) in [6.07, 6.45) is 7.32. The summed E-state index contributed by atoms with van der Waals surface area (Å²) >= 11 is 1.22. The Morgan fingerprint density at radius 3 is 2.77 bits per heavy atom. The number of aromatic carboxylic acids is 1. The highest BCUT2D eigenvalue weighted by atomic mass is 32.1. The van der Waals surface area contributed by atoms with E-state index in [1.54, 1.807) is 24.3 Å². The lowest BCUT2D eigenvalue weighted by molar-refractivity contribution is -0.620. The first-order chi connectivity index (χ1) is 28.9. The fraction of sp³-hybridized carbons (Fsp3) is 0.556. The highest BCUT2D eigenvalue weighted by molar-refractivity contribution is 7.22. The second kappa shape index (κ2) is 14.5. The van der Waals surface area contributed by atoms with Gasteiger partial charge in [0, 0.05) is 60.6 Å². The smallest absolute Gasteiger partial charge is 0.355 e. The molecule has 4 aliphatic carbocycles. The number of hydrogen-bond donors (Lipinski definition) is 3. The molecule has 4 aromatic rings. The molecule has 6 atom stereocenters. The van der Waals surface area contributed by atoms with Crippen LogP contribution in [-0.4, -0.2) is 94.3 Å². The number of quaternary nitrogens is 1. The predicted octanol–water partition coefficient (Wildman–Crippen LogP) is 6.60. The number of morpholine rings is 1. The van der Waals surface area contributed by atoms with Crippen LogP contribution in [0.1, 0.15) is 86.5 Å². The van der Waals surface area contributed by atoms with Crippen molar-refractivity contribution >= 4 is 55.7 Å². The van der Waals surface area contributed by atoms with Crippen LogP contribution in [0.4, 0.5) is 27.0 Å². The molecule has 13 nitrogen and oxygen atoms in total. The molecule has 4 saturated carbocycles. The molecule has 2 aliphatic heterocycles. The second-order valence-corrected chi connectivity index (χ2v) is 19.7. The van der Waals surface area contributed by atoms with Crippen molar-refractivity contribution in [2.24, 2.45) is 28.1 Å². The maximum atomic E-state index is 14.4. The minimum absolute atomic E-state index is 0.0496. The Kier molecular flexibility index (Phi) is 9.57. The molecule has 5 heterocycles. The molecular weight excluding hydrogens is 782 g/mol. The van der Waals surface area contributed by atoms with Gasteiger partial charge in [-0.2, -0.15) is 5.26 Å². The summed E-state index contributed by atoms with van der Waals surface area (Å²) in [7, 11) is 0. The molecule has 6 aliphatic rings. The number of pyridine rings is 1. The number of nitriles is 1. The molecule has 15 heteroatoms. The maximum Gasteiger partial charge on any atom is 0.355 e. The lowest BCUT2D eigenvalue weighted by Crippen LogP contribution is -2.85. The SMILES string of the molecule is C/C([NH2+]CC12CC3(C)CC4(OCCN5CCOCC5)CC(C)C1CC34C2)=C(/C#N)c1ccc(N2CCCc3c2nnc(Nc2nc4cccc(F)c4s2)c3C)nc1C(=O)O. The molecule has 60 heavy (non-hydrogen) atoms. The molecule has 3 aromatic heterocycles. The number of halogens is 1. The van der Waals surface area contributed by atoms with Gasteiger partial charge in [-0.1, -0.05) is 31.3 Å². The number of nitrogens with two attached hydrogens (primary N) is 1. The molecular formula is C45H53FN9O4S+. The topological polar surface area (TPSA) is 166 Å². The molecule has 1 spiro atoms. The first kappa shape index (κ1) is 39.5. The number of carboxylic acids is 1. The third-order valence-corrected chi connectivity index (χ3v) is 16.6. The van der Waals surface area contributed by atoms with Crippen LogP contribution in [0, 0.1) is 52.2 Å². The average molecular weight is 835 g/mol. The summed E-state index contributed by atoms with van der Waals surface area (Å²) in [5, 5.41) is 36.2. The van der Waals surface area contributed by atoms with Crippen LogP contribution < -0.4 is 15.5 Å². The van der Waals surface area contributed by atoms with Crippen molar-refractivity contribution in [3.05, 3.63) is 64.2 Å². The van der Waals surface area contributed by atoms with Crippen molar-refractivity contribution < 1.29 is 29.1 Å². The van der Waals surface area contributed by atoms with Crippen molar-refractivity contribution in [3.8, 4) is 6.07 Å². The molecule has 3 bridgehead atoms. The summed E-state index contributed by atoms with van der Waals surface area (Å²) in [6, 6.07) is 10.7. The Morgan fingerprint density at radius 2 is 1.98 bits per heavy atom. The van der Waals surface area contributed by atoms with Crippen LogP contribution in [0.15, 0.2) is 36.0 Å². The number of anilines is 4. The molecule has 10 rings (SSSR count). The van der Waals surface area contributed by atoms with Crippen LogP contribution in [0.2, 0.25) is 0 Å². The molecule has 5 fully saturated rings. The van der Waals surface area contributed by atoms with Gasteiger partial charge in [0.1, 0.15) is 29.0 Å². The molecule has 314 valence electrons. The van der Waals surface area contributed by atoms with E-state index in [1.165, 1.54) is 30.2 Å². The van der Waals surface area contributed by atoms with Gasteiger partial charge in [0.2, 0.25) is 0 Å². The minimum atomic E-state index is -1.19. The number of aromatic nitrogens is 4. The van der Waals surface area contributed by atoms with E-state index in [2.05, 4.69) is 55.6 Å². The van der Waals surface area contributed by atoms with Crippen molar-refractivity contribution in [1.29, 1.82) is 5.26 Å². The van der Waals surface area contributed by atoms with Gasteiger partial charge >= 0.3 is 5.97 Å². The van der Waals surface area contributed by atoms with E-state index in [4.69, 9.17) is 9.47 Å². The Morgan fingerprint density at radius 1 is 1.15 bits per heavy atom. The number of fused-ring (bicyclic) bond motifs is 5. The summed E-state index contributed by atoms with van der Waals surface area (Å²) in [5.74, 6) is 1.22. The normalized spacial score (nSPS) is 30.8. The number of nitrogens with one attached hydrogen (secondary N) is 1. The zero-order valence-corrected chi connectivity index (χ0v) is 35.6. The van der Waals surface area contributed by atoms with Gasteiger partial charge in [-0.25, -0.2) is 19.2 Å². The van der Waals surface area contributed by atoms with E-state index >= 15 is 0 Å². The summed E-state index contributed by atoms with van der Waals surface area (Å²) in [5.41, 5.74) is 4.24. The third-order valence-electron chi connectivity index (χ3n) is 15.6. The lowest BCUT2D eigenvalue weighted by atomic mass is 9.36. The van der Waals surface area contributed by atoms with E-state index < -0.39 is 5.97 Å². The van der Waals surface area contributed by atoms with Gasteiger partial charge in [0.05, 0.1) is 42.2 Å². The third kappa shape index (κ3) is 6.00. The minimum Gasteiger partial charge on any atom is -0.476 e. The van der Waals surface area contributed by atoms with Gasteiger partial charge in [-0.05, 0) is 93.4 Å². The van der Waals surface area contributed by atoms with Crippen LogP contribution in [0.25, 0.3) is 15.8 Å². The first-order valence-electron chi connectivity index (χ1n) is 21.5. The zero-order valence-electron chi connectivity index (χ0n) is 34.8. The van der Waals surface area contributed by atoms with Gasteiger partial charge in [0.25, 0.3) is 0 Å². The molecule has 4 N–H and O–H groups in total. The number of allylic oxidation sites excluding steroid dienone is 2. The quantitative estimate of drug-likeness (QED) is 0.131. The highest BCUT2D eigenvalue weighted by Crippen LogP contribution is 2.88. The van der Waals surface area contributed by atoms with E-state index in [0.29, 0.717) is 62.3 Å². The Hall–Kier alpha value is -4.59. The Balaban J connectivity index is 0.875. The van der Waals surface area contributed by atoms with Crippen molar-refractivity contribution in [3.63, 3.8) is 0 Å². The van der Waals surface area contributed by atoms with Crippen LogP contribution >= 0.6 is 11.3 Å². The summed E-state index contributed by atoms with van der Waals surface area (Å²) in [4.78, 5) is 26.5. The van der Waals surface area contributed by atoms with Gasteiger partial charge in [0.15, 0.2) is 22.5 Å². The fourth-order valence-electron chi connectivity index (χ4n) is 13.1. The van der Waals surface area contributed by atoms with Crippen LogP contribution in [0.5, 0.6) is 0 Å². The standard InChI is InChI=1S/C45H52FN9O4S/c1-26-19-45(59-18-15-54-13-16-58-17-14-54)23-42(4)22-43(24-44(42,45)20-32(26)43)25-48-28(3)31(21-47)30-10-11-35(50-36(30)40(56)57)55-12-6-7-29-27(2)38(52-53-39(29)55)51-41-49-34-9-5-8-33(46)37(34)60-41/h5,8-11,26,32,48H,6-7,12-20,22-25H2,1-4H3,(H,56,57)(H,49,51,52)/p+1/b31-28+. The van der Waals surface area contributed by atoms with Crippen LogP contribution in [0.3, 0.4) is 0 Å². The predicted molar refractivity (Wildman–Crippen MR) is 226 cm³/mol. The number of ether oxygens (including phenoxy) is 2. The number of carbonyl (C=O) groups is 1. The van der Waals surface area contributed by atoms with Gasteiger partial charge in [-0.15, -0.1) is 10.2 Å². The Labute approximate surface area is 353 Å². The zero-order chi connectivity index (χ0) is 41.6. The van der Waals surface area contributed by atoms with Crippen molar-refractivity contribution in [2.75, 3.05) is 62.8 Å². The fourth-order valence-corrected chi connectivity index (χ4v) is 13.9. The summed E-state index contributed by atoms with van der Waals surface area (Å²) in [6.45, 7) is 15.5. The van der Waals surface area contributed by atoms with Gasteiger partial charge < -0.3 is 30.1 Å². The lowest BCUT2D eigenvalue weighted by Gasteiger charge is -2.72. The molecule has 1 saturated heterocycles. The number of hydrogen-bond acceptors (Lipinski definition) is 12. The number of benzene rings is 1. The maximum absolute atomic E-state index is 14.4. The van der Waals surface area contributed by atoms with E-state index in [1.807, 2.05) is 18.7 Å². The highest BCUT2D eigenvalue weighted by Gasteiger charge is 2.85. The number of nitrogens with zero attached hydrogens (tertiary/aromatic N) is 7. The molecule has 1 aromatic carbocycles. The number of carboxylic acid groups (broad SMARTS) is 1. The molecule has 6 unspecified atom stereocenters. The second-order valence-electron chi connectivity index (χ2n) is 18.7. The van der Waals surface area contributed by atoms with E-state index in [-0.39, 0.29) is 33.4 Å². The summed E-state index contributed by atoms with van der Waals surface area (Å²) < 4.78 is 27.4. The number of rotatable bonds is 12. The molecule has 0 radical (unpaired) electrons.